The Labute approximate surface area is 666 Å². The molecule has 0 amide bonds. The molecule has 2 aliphatic heterocycles. The second-order valence-electron chi connectivity index (χ2n) is 27.1. The number of fused-ring (bicyclic) bond motifs is 2. The van der Waals surface area contributed by atoms with E-state index in [1.807, 2.05) is 218 Å². The van der Waals surface area contributed by atoms with Gasteiger partial charge in [-0.1, -0.05) is 235 Å². The van der Waals surface area contributed by atoms with Gasteiger partial charge in [-0.25, -0.2) is 29.9 Å². The molecule has 14 nitrogen and oxygen atoms in total. The Balaban J connectivity index is 0.000000163. The molecule has 538 valence electrons. The number of phenols is 4. The van der Waals surface area contributed by atoms with Crippen LogP contribution in [0.2, 0.25) is 0 Å². The largest absolute Gasteiger partial charge is 2.00 e. The van der Waals surface area contributed by atoms with E-state index >= 15 is 0 Å². The standard InChI is InChI=1S/C38H26N6.C30H32N2O2.C22H16N2O2.Pd.2Pt/c1-3-15-29(16-4-1)43-35-23-9-7-19-33(35)41-37(43)25-27-13-11-21-31(39-27)32-22-12-14-28(40-32)26-38-42-34-20-8-10-24-36(34)44(38)30-17-5-2-6-18-30;1-29(2,3)19-15-23(21-11-7-9-13-27(21)33)31-25(17-19)26-18-20(30(4,5)6)16-24(32-26)22-12-8-10-14-28(22)34;25-21-13-3-1-7-15(21)17-9-5-11-19(23-17)20-12-6-10-18(24-20)16-8-2-4-14-22(16)26;;;/h1-26H;7-18,33-34H,1-6H3;1-14,25-26H;;;/q-2;;;;;+2. The summed E-state index contributed by atoms with van der Waals surface area (Å²) < 4.78 is 0. The van der Waals surface area contributed by atoms with E-state index in [0.29, 0.717) is 56.4 Å². The van der Waals surface area contributed by atoms with Gasteiger partial charge in [-0.3, -0.25) is 0 Å². The van der Waals surface area contributed by atoms with Crippen LogP contribution in [0.25, 0.3) is 102 Å². The maximum absolute atomic E-state index is 10.5. The van der Waals surface area contributed by atoms with E-state index in [1.165, 1.54) is 0 Å². The van der Waals surface area contributed by atoms with Crippen LogP contribution in [0.3, 0.4) is 0 Å². The van der Waals surface area contributed by atoms with Crippen LogP contribution in [0.4, 0.5) is 34.1 Å². The van der Waals surface area contributed by atoms with E-state index in [-0.39, 0.29) is 96.4 Å². The first kappa shape index (κ1) is 76.7. The van der Waals surface area contributed by atoms with E-state index < -0.39 is 0 Å². The molecule has 14 aromatic rings. The summed E-state index contributed by atoms with van der Waals surface area (Å²) in [6.07, 6.45) is 4.05. The first-order chi connectivity index (χ1) is 50.4. The molecule has 4 N–H and O–H groups in total. The number of phenolic OH excluding ortho intramolecular Hbond substituents is 4. The van der Waals surface area contributed by atoms with Gasteiger partial charge >= 0.3 is 21.1 Å². The number of hydrogen-bond acceptors (Lipinski definition) is 12. The summed E-state index contributed by atoms with van der Waals surface area (Å²) in [4.78, 5) is 33.5. The number of hydrogen-bond donors (Lipinski definition) is 4. The molecule has 2 aliphatic rings. The van der Waals surface area contributed by atoms with Gasteiger partial charge in [-0.2, -0.15) is 0 Å². The van der Waals surface area contributed by atoms with Gasteiger partial charge in [0.25, 0.3) is 0 Å². The third-order valence-corrected chi connectivity index (χ3v) is 17.7. The second kappa shape index (κ2) is 33.8. The molecular formula is C90H74N10O4PdPt2. The van der Waals surface area contributed by atoms with Crippen molar-refractivity contribution in [3.05, 3.63) is 348 Å². The van der Waals surface area contributed by atoms with Crippen molar-refractivity contribution >= 4 is 46.3 Å². The summed E-state index contributed by atoms with van der Waals surface area (Å²) in [5, 5.41) is 51.0. The first-order valence-corrected chi connectivity index (χ1v) is 34.3. The fourth-order valence-corrected chi connectivity index (χ4v) is 12.3. The summed E-state index contributed by atoms with van der Waals surface area (Å²) in [5.41, 5.74) is 19.5. The number of rotatable bonds is 11. The third-order valence-electron chi connectivity index (χ3n) is 17.7. The maximum atomic E-state index is 10.5. The molecule has 0 radical (unpaired) electrons. The van der Waals surface area contributed by atoms with E-state index in [4.69, 9.17) is 30.6 Å². The fourth-order valence-electron chi connectivity index (χ4n) is 12.3. The Bertz CT molecular complexity index is 5200. The zero-order chi connectivity index (χ0) is 71.9. The number of para-hydroxylation sites is 10. The van der Waals surface area contributed by atoms with E-state index in [0.717, 1.165) is 91.1 Å². The monoisotopic (exact) mass is 1850 g/mol. The average molecular weight is 1860 g/mol. The predicted octanol–water partition coefficient (Wildman–Crippen LogP) is 22.8. The predicted molar refractivity (Wildman–Crippen MR) is 420 cm³/mol. The Morgan fingerprint density at radius 3 is 0.907 bits per heavy atom. The van der Waals surface area contributed by atoms with E-state index in [1.54, 1.807) is 48.5 Å². The van der Waals surface area contributed by atoms with Gasteiger partial charge in [0.1, 0.15) is 23.0 Å². The molecule has 0 unspecified atom stereocenters. The van der Waals surface area contributed by atoms with Crippen molar-refractivity contribution in [2.24, 2.45) is 0 Å². The van der Waals surface area contributed by atoms with Crippen LogP contribution in [-0.4, -0.2) is 50.3 Å². The van der Waals surface area contributed by atoms with Crippen molar-refractivity contribution in [1.82, 2.24) is 29.9 Å². The van der Waals surface area contributed by atoms with E-state index in [2.05, 4.69) is 110 Å². The Morgan fingerprint density at radius 1 is 0.290 bits per heavy atom. The summed E-state index contributed by atoms with van der Waals surface area (Å²) in [6, 6.07) is 97.1. The third kappa shape index (κ3) is 17.6. The van der Waals surface area contributed by atoms with Gasteiger partial charge in [0, 0.05) is 63.7 Å². The molecule has 8 aromatic carbocycles. The molecule has 0 saturated heterocycles. The molecule has 107 heavy (non-hydrogen) atoms. The summed E-state index contributed by atoms with van der Waals surface area (Å²) >= 11 is 0. The van der Waals surface area contributed by atoms with Gasteiger partial charge in [0.15, 0.2) is 0 Å². The summed E-state index contributed by atoms with van der Waals surface area (Å²) in [7, 11) is 0. The number of nitrogens with zero attached hydrogens (tertiary/aromatic N) is 10. The molecule has 16 rings (SSSR count). The summed E-state index contributed by atoms with van der Waals surface area (Å²) in [5.74, 6) is 2.39. The molecule has 17 heteroatoms. The Morgan fingerprint density at radius 2 is 0.561 bits per heavy atom. The summed E-state index contributed by atoms with van der Waals surface area (Å²) in [6.45, 7) is 13.0. The number of anilines is 4. The zero-order valence-corrected chi connectivity index (χ0v) is 65.3. The molecule has 0 atom stereocenters. The molecule has 0 bridgehead atoms. The second-order valence-corrected chi connectivity index (χ2v) is 27.1. The van der Waals surface area contributed by atoms with Crippen molar-refractivity contribution in [2.75, 3.05) is 9.80 Å². The number of pyridine rings is 6. The quantitative estimate of drug-likeness (QED) is 0.0897. The zero-order valence-electron chi connectivity index (χ0n) is 59.2. The van der Waals surface area contributed by atoms with Crippen LogP contribution in [0.5, 0.6) is 23.0 Å². The van der Waals surface area contributed by atoms with Crippen molar-refractivity contribution in [1.29, 1.82) is 0 Å². The van der Waals surface area contributed by atoms with Gasteiger partial charge in [-0.05, 0) is 190 Å². The van der Waals surface area contributed by atoms with Gasteiger partial charge in [-0.15, -0.1) is 0 Å². The molecule has 0 aliphatic carbocycles. The topological polar surface area (TPSA) is 193 Å². The number of aromatic nitrogens is 6. The van der Waals surface area contributed by atoms with Crippen LogP contribution < -0.4 is 9.80 Å². The molecule has 0 saturated carbocycles. The van der Waals surface area contributed by atoms with Crippen molar-refractivity contribution in [3.63, 3.8) is 0 Å². The van der Waals surface area contributed by atoms with Crippen LogP contribution >= 0.6 is 0 Å². The average Bonchev–Trinajstić information content (AvgIpc) is 1.62. The normalized spacial score (nSPS) is 12.7. The molecule has 0 fully saturated rings. The fraction of sp³-hybridized carbons (Fsp3) is 0.0889. The molecule has 0 spiro atoms. The molecular weight excluding hydrogens is 1780 g/mol. The van der Waals surface area contributed by atoms with Crippen LogP contribution in [0, 0.1) is 0 Å². The molecule has 8 heterocycles. The van der Waals surface area contributed by atoms with Crippen molar-refractivity contribution in [3.8, 4) is 102 Å². The minimum absolute atomic E-state index is 0. The first-order valence-electron chi connectivity index (χ1n) is 34.3. The van der Waals surface area contributed by atoms with Gasteiger partial charge in [0.05, 0.1) is 68.3 Å². The van der Waals surface area contributed by atoms with E-state index in [9.17, 15) is 20.4 Å². The van der Waals surface area contributed by atoms with Crippen molar-refractivity contribution in [2.45, 2.75) is 52.4 Å². The van der Waals surface area contributed by atoms with Gasteiger partial charge in [0.2, 0.25) is 0 Å². The minimum Gasteiger partial charge on any atom is -0.507 e. The maximum Gasteiger partial charge on any atom is 2.00 e. The minimum atomic E-state index is -0.126. The van der Waals surface area contributed by atoms with Crippen LogP contribution in [0.15, 0.2) is 315 Å². The van der Waals surface area contributed by atoms with Crippen LogP contribution in [0.1, 0.15) is 64.1 Å². The van der Waals surface area contributed by atoms with Crippen LogP contribution in [-0.2, 0) is 73.4 Å². The smallest absolute Gasteiger partial charge is 0.507 e. The number of benzene rings is 8. The van der Waals surface area contributed by atoms with Gasteiger partial charge < -0.3 is 40.9 Å². The molecule has 6 aromatic heterocycles. The SMILES string of the molecule is C(=C1[N-]c2ccccc2N1c1ccccc1)c1cccc(-c2cccc(C=C3[N-]c4ccccc4N3c3ccccc3)n2)n1.CC(C)(C)c1cc(-c2cc(C(C)(C)C)cc(-c3ccccc3O)n2)nc(-c2ccccc2O)c1.Oc1ccccc1-c1cccc(-c2cccc(-c3ccccc3O)n2)n1.[Pd].[Pt+2].[Pt]. The Hall–Kier alpha value is -11.4. The van der Waals surface area contributed by atoms with Crippen molar-refractivity contribution < 1.29 is 83.0 Å². The number of aromatic hydroxyl groups is 4. The Kier molecular flexibility index (Phi) is 24.2.